The van der Waals surface area contributed by atoms with Gasteiger partial charge in [0.25, 0.3) is 0 Å². The molecule has 4 heterocycles. The van der Waals surface area contributed by atoms with E-state index in [1.165, 1.54) is 91.4 Å². The highest BCUT2D eigenvalue weighted by molar-refractivity contribution is 5.04. The van der Waals surface area contributed by atoms with Crippen LogP contribution in [0.2, 0.25) is 0 Å². The first-order valence-electron chi connectivity index (χ1n) is 11.9. The van der Waals surface area contributed by atoms with E-state index < -0.39 is 0 Å². The molecule has 28 heavy (non-hydrogen) atoms. The zero-order chi connectivity index (χ0) is 20.7. The monoisotopic (exact) mass is 398 g/mol. The second-order valence-corrected chi connectivity index (χ2v) is 8.36. The van der Waals surface area contributed by atoms with Crippen molar-refractivity contribution in [3.8, 4) is 0 Å². The number of likely N-dealkylation sites (tertiary alicyclic amines) is 1. The van der Waals surface area contributed by atoms with Gasteiger partial charge in [-0.3, -0.25) is 0 Å². The van der Waals surface area contributed by atoms with Crippen LogP contribution < -0.4 is 21.3 Å². The van der Waals surface area contributed by atoms with E-state index in [-0.39, 0.29) is 0 Å². The molecule has 4 N–H and O–H groups in total. The predicted octanol–water partition coefficient (Wildman–Crippen LogP) is 1.05. The lowest BCUT2D eigenvalue weighted by Gasteiger charge is -2.57. The zero-order valence-corrected chi connectivity index (χ0v) is 19.6. The molecule has 4 aliphatic rings. The highest BCUT2D eigenvalue weighted by atomic mass is 15.3. The summed E-state index contributed by atoms with van der Waals surface area (Å²) in [5.41, 5.74) is 0.715. The van der Waals surface area contributed by atoms with Gasteiger partial charge in [0.15, 0.2) is 0 Å². The lowest BCUT2D eigenvalue weighted by Crippen LogP contribution is -2.71. The van der Waals surface area contributed by atoms with Crippen molar-refractivity contribution in [1.29, 1.82) is 0 Å². The van der Waals surface area contributed by atoms with Crippen molar-refractivity contribution in [2.45, 2.75) is 40.5 Å². The average Bonchev–Trinajstić information content (AvgIpc) is 2.72. The molecule has 0 aromatic rings. The second kappa shape index (κ2) is 15.6. The van der Waals surface area contributed by atoms with Crippen molar-refractivity contribution >= 4 is 0 Å². The summed E-state index contributed by atoms with van der Waals surface area (Å²) in [7, 11) is 1.93. The number of nitrogens with one attached hydrogen (secondary N) is 4. The van der Waals surface area contributed by atoms with Crippen molar-refractivity contribution in [3.05, 3.63) is 0 Å². The Kier molecular flexibility index (Phi) is 14.4. The van der Waals surface area contributed by atoms with E-state index in [0.717, 1.165) is 12.5 Å². The van der Waals surface area contributed by atoms with E-state index in [4.69, 9.17) is 0 Å². The molecule has 0 atom stereocenters. The van der Waals surface area contributed by atoms with Crippen LogP contribution in [-0.2, 0) is 0 Å². The molecule has 0 radical (unpaired) electrons. The van der Waals surface area contributed by atoms with Gasteiger partial charge >= 0.3 is 0 Å². The van der Waals surface area contributed by atoms with Crippen LogP contribution in [-0.4, -0.2) is 102 Å². The third-order valence-corrected chi connectivity index (χ3v) is 6.10. The number of likely N-dealkylation sites (N-methyl/N-ethyl adjacent to an activating group) is 1. The van der Waals surface area contributed by atoms with Crippen molar-refractivity contribution in [2.24, 2.45) is 11.3 Å². The molecular formula is C22H50N6. The van der Waals surface area contributed by atoms with Gasteiger partial charge in [0.2, 0.25) is 0 Å². The summed E-state index contributed by atoms with van der Waals surface area (Å²) < 4.78 is 0. The molecule has 0 aliphatic carbocycles. The van der Waals surface area contributed by atoms with Gasteiger partial charge in [0.1, 0.15) is 0 Å². The van der Waals surface area contributed by atoms with E-state index in [1.54, 1.807) is 0 Å². The summed E-state index contributed by atoms with van der Waals surface area (Å²) in [6.07, 6.45) is 2.78. The Bertz CT molecular complexity index is 339. The first kappa shape index (κ1) is 25.8. The van der Waals surface area contributed by atoms with Gasteiger partial charge in [-0.2, -0.15) is 0 Å². The minimum atomic E-state index is 0.715. The summed E-state index contributed by atoms with van der Waals surface area (Å²) in [6.45, 7) is 24.5. The Morgan fingerprint density at radius 1 is 0.857 bits per heavy atom. The number of rotatable bonds is 4. The maximum absolute atomic E-state index is 3.43. The van der Waals surface area contributed by atoms with Crippen LogP contribution in [0.1, 0.15) is 40.5 Å². The molecule has 0 unspecified atom stereocenters. The molecule has 0 aromatic heterocycles. The minimum absolute atomic E-state index is 0.715. The fourth-order valence-electron chi connectivity index (χ4n) is 4.19. The maximum Gasteiger partial charge on any atom is 0.0207 e. The number of hydrogen-bond acceptors (Lipinski definition) is 6. The molecule has 4 saturated heterocycles. The largest absolute Gasteiger partial charge is 0.320 e. The number of hydrogen-bond donors (Lipinski definition) is 4. The van der Waals surface area contributed by atoms with Gasteiger partial charge in [-0.25, -0.2) is 0 Å². The first-order chi connectivity index (χ1) is 13.7. The van der Waals surface area contributed by atoms with Gasteiger partial charge in [-0.15, -0.1) is 0 Å². The second-order valence-electron chi connectivity index (χ2n) is 8.36. The van der Waals surface area contributed by atoms with E-state index in [1.807, 2.05) is 20.9 Å². The molecular weight excluding hydrogens is 348 g/mol. The van der Waals surface area contributed by atoms with Gasteiger partial charge in [0.05, 0.1) is 0 Å². The zero-order valence-electron chi connectivity index (χ0n) is 19.6. The predicted molar refractivity (Wildman–Crippen MR) is 123 cm³/mol. The van der Waals surface area contributed by atoms with Crippen LogP contribution in [0.15, 0.2) is 0 Å². The molecule has 0 saturated carbocycles. The lowest BCUT2D eigenvalue weighted by molar-refractivity contribution is -0.0488. The van der Waals surface area contributed by atoms with Crippen LogP contribution in [0.25, 0.3) is 0 Å². The van der Waals surface area contributed by atoms with E-state index in [2.05, 4.69) is 44.9 Å². The quantitative estimate of drug-likeness (QED) is 0.568. The molecule has 4 fully saturated rings. The number of piperazine rings is 1. The molecule has 1 spiro atoms. The van der Waals surface area contributed by atoms with E-state index >= 15 is 0 Å². The summed E-state index contributed by atoms with van der Waals surface area (Å²) in [4.78, 5) is 5.12. The summed E-state index contributed by atoms with van der Waals surface area (Å²) in [5.74, 6) is 0.974. The third kappa shape index (κ3) is 9.51. The van der Waals surface area contributed by atoms with Gasteiger partial charge < -0.3 is 31.1 Å². The molecule has 4 rings (SSSR count). The van der Waals surface area contributed by atoms with Crippen molar-refractivity contribution in [2.75, 3.05) is 92.1 Å². The van der Waals surface area contributed by atoms with Gasteiger partial charge in [-0.05, 0) is 52.0 Å². The van der Waals surface area contributed by atoms with Crippen LogP contribution in [0.4, 0.5) is 0 Å². The van der Waals surface area contributed by atoms with Crippen LogP contribution in [0.3, 0.4) is 0 Å². The summed E-state index contributed by atoms with van der Waals surface area (Å²) >= 11 is 0. The third-order valence-electron chi connectivity index (χ3n) is 6.10. The first-order valence-corrected chi connectivity index (χ1v) is 11.9. The topological polar surface area (TPSA) is 54.6 Å². The Morgan fingerprint density at radius 3 is 1.79 bits per heavy atom. The highest BCUT2D eigenvalue weighted by Crippen LogP contribution is 2.34. The molecule has 168 valence electrons. The molecule has 6 heteroatoms. The Balaban J connectivity index is 0.000000239. The fraction of sp³-hybridized carbons (Fsp3) is 1.00. The fourth-order valence-corrected chi connectivity index (χ4v) is 4.19. The Hall–Kier alpha value is -0.240. The van der Waals surface area contributed by atoms with E-state index in [0.29, 0.717) is 5.41 Å². The molecule has 0 amide bonds. The lowest BCUT2D eigenvalue weighted by atomic mass is 9.74. The normalized spacial score (nSPS) is 24.3. The van der Waals surface area contributed by atoms with Gasteiger partial charge in [0, 0.05) is 64.3 Å². The van der Waals surface area contributed by atoms with Crippen molar-refractivity contribution < 1.29 is 0 Å². The Labute approximate surface area is 175 Å². The molecule has 6 nitrogen and oxygen atoms in total. The van der Waals surface area contributed by atoms with Gasteiger partial charge in [-0.1, -0.05) is 27.7 Å². The number of piperidine rings is 1. The molecule has 0 aromatic carbocycles. The van der Waals surface area contributed by atoms with E-state index in [9.17, 15) is 0 Å². The maximum atomic E-state index is 3.43. The summed E-state index contributed by atoms with van der Waals surface area (Å²) in [6, 6.07) is 0. The number of nitrogens with zero attached hydrogens (tertiary/aromatic N) is 2. The minimum Gasteiger partial charge on any atom is -0.320 e. The van der Waals surface area contributed by atoms with Crippen molar-refractivity contribution in [3.63, 3.8) is 0 Å². The molecule has 4 aliphatic heterocycles. The van der Waals surface area contributed by atoms with Crippen molar-refractivity contribution in [1.82, 2.24) is 31.1 Å². The smallest absolute Gasteiger partial charge is 0.0207 e. The molecule has 0 bridgehead atoms. The highest BCUT2D eigenvalue weighted by Gasteiger charge is 2.47. The van der Waals surface area contributed by atoms with Crippen LogP contribution in [0.5, 0.6) is 0 Å². The van der Waals surface area contributed by atoms with Crippen LogP contribution in [0, 0.1) is 11.3 Å². The Morgan fingerprint density at radius 2 is 1.39 bits per heavy atom. The summed E-state index contributed by atoms with van der Waals surface area (Å²) in [5, 5.41) is 13.1. The average molecular weight is 399 g/mol. The standard InChI is InChI=1S/C11H21N3.C6H14N2.C3H9N.C2H6/c1-3-12-4-2-10(1)5-14-8-11(9-14)6-13-7-11;1-2-8-5-3-7-4-6-8;1-3-4-2;1-2/h10,12-13H,1-9H2;7H,2-6H2,1H3;4H,3H2,1-2H3;1-2H3. The SMILES string of the molecule is C1CC(CN2CC3(CNC3)C2)CCN1.CC.CCN1CCNCC1.CCNC. The van der Waals surface area contributed by atoms with Crippen LogP contribution >= 0.6 is 0 Å².